The highest BCUT2D eigenvalue weighted by Crippen LogP contribution is 2.27. The van der Waals surface area contributed by atoms with Crippen molar-refractivity contribution in [1.29, 1.82) is 0 Å². The van der Waals surface area contributed by atoms with Gasteiger partial charge in [-0.2, -0.15) is 0 Å². The number of benzene rings is 2. The van der Waals surface area contributed by atoms with Gasteiger partial charge in [0.2, 0.25) is 0 Å². The second-order valence-corrected chi connectivity index (χ2v) is 7.98. The molecule has 0 radical (unpaired) electrons. The van der Waals surface area contributed by atoms with Gasteiger partial charge in [-0.05, 0) is 13.8 Å². The highest BCUT2D eigenvalue weighted by molar-refractivity contribution is 7.13. The molecule has 0 atom stereocenters. The third-order valence-electron chi connectivity index (χ3n) is 4.08. The summed E-state index contributed by atoms with van der Waals surface area (Å²) in [6.07, 6.45) is 0.791. The van der Waals surface area contributed by atoms with Crippen LogP contribution in [0.1, 0.15) is 21.8 Å². The Morgan fingerprint density at radius 1 is 0.720 bits per heavy atom. The Morgan fingerprint density at radius 2 is 1.36 bits per heavy atom. The van der Waals surface area contributed by atoms with E-state index in [0.29, 0.717) is 0 Å². The molecule has 0 fully saturated rings. The monoisotopic (exact) mass is 362 g/mol. The molecule has 0 spiro atoms. The Kier molecular flexibility index (Phi) is 4.47. The number of thiazole rings is 2. The van der Waals surface area contributed by atoms with E-state index in [4.69, 9.17) is 9.97 Å². The van der Waals surface area contributed by atoms with Crippen molar-refractivity contribution >= 4 is 22.7 Å². The summed E-state index contributed by atoms with van der Waals surface area (Å²) >= 11 is 3.40. The first kappa shape index (κ1) is 16.2. The van der Waals surface area contributed by atoms with Crippen LogP contribution in [-0.2, 0) is 6.42 Å². The van der Waals surface area contributed by atoms with Crippen molar-refractivity contribution in [2.45, 2.75) is 20.3 Å². The van der Waals surface area contributed by atoms with E-state index in [2.05, 4.69) is 73.1 Å². The van der Waals surface area contributed by atoms with Crippen LogP contribution in [0.5, 0.6) is 0 Å². The van der Waals surface area contributed by atoms with Gasteiger partial charge in [0, 0.05) is 28.3 Å². The quantitative estimate of drug-likeness (QED) is 0.436. The fourth-order valence-electron chi connectivity index (χ4n) is 2.62. The summed E-state index contributed by atoms with van der Waals surface area (Å²) < 4.78 is 0. The molecule has 4 heteroatoms. The minimum Gasteiger partial charge on any atom is -0.241 e. The maximum absolute atomic E-state index is 4.78. The van der Waals surface area contributed by atoms with E-state index in [1.165, 1.54) is 22.3 Å². The van der Waals surface area contributed by atoms with E-state index >= 15 is 0 Å². The zero-order valence-corrected chi connectivity index (χ0v) is 15.8. The second kappa shape index (κ2) is 6.90. The van der Waals surface area contributed by atoms with Crippen molar-refractivity contribution in [3.63, 3.8) is 0 Å². The van der Waals surface area contributed by atoms with Crippen molar-refractivity contribution in [3.8, 4) is 21.8 Å². The molecular formula is C21H18N2S2. The van der Waals surface area contributed by atoms with Gasteiger partial charge in [-0.15, -0.1) is 22.7 Å². The molecule has 4 aromatic rings. The van der Waals surface area contributed by atoms with Gasteiger partial charge in [-0.25, -0.2) is 9.97 Å². The summed E-state index contributed by atoms with van der Waals surface area (Å²) in [4.78, 5) is 9.57. The zero-order valence-electron chi connectivity index (χ0n) is 14.2. The summed E-state index contributed by atoms with van der Waals surface area (Å²) in [5.41, 5.74) is 7.03. The molecule has 0 unspecified atom stereocenters. The summed E-state index contributed by atoms with van der Waals surface area (Å²) in [5.74, 6) is 0. The van der Waals surface area contributed by atoms with Crippen molar-refractivity contribution in [2.75, 3.05) is 0 Å². The smallest absolute Gasteiger partial charge is 0.123 e. The van der Waals surface area contributed by atoms with Gasteiger partial charge in [0.05, 0.1) is 16.4 Å². The number of nitrogens with zero attached hydrogens (tertiary/aromatic N) is 2. The van der Waals surface area contributed by atoms with E-state index in [-0.39, 0.29) is 0 Å². The summed E-state index contributed by atoms with van der Waals surface area (Å²) in [6.45, 7) is 4.20. The third kappa shape index (κ3) is 3.70. The lowest BCUT2D eigenvalue weighted by Crippen LogP contribution is -1.88. The Bertz CT molecular complexity index is 898. The van der Waals surface area contributed by atoms with Crippen LogP contribution in [0.15, 0.2) is 59.3 Å². The molecule has 0 aliphatic carbocycles. The predicted octanol–water partition coefficient (Wildman–Crippen LogP) is 6.14. The molecule has 0 saturated carbocycles. The van der Waals surface area contributed by atoms with Gasteiger partial charge in [0.25, 0.3) is 0 Å². The van der Waals surface area contributed by atoms with E-state index in [0.717, 1.165) is 27.8 Å². The second-order valence-electron chi connectivity index (χ2n) is 6.18. The van der Waals surface area contributed by atoms with Crippen molar-refractivity contribution in [3.05, 3.63) is 81.1 Å². The van der Waals surface area contributed by atoms with Crippen LogP contribution in [0.25, 0.3) is 21.8 Å². The average molecular weight is 363 g/mol. The minimum absolute atomic E-state index is 0.791. The van der Waals surface area contributed by atoms with E-state index < -0.39 is 0 Å². The minimum atomic E-state index is 0.791. The van der Waals surface area contributed by atoms with Gasteiger partial charge in [-0.1, -0.05) is 59.7 Å². The fraction of sp³-hybridized carbons (Fsp3) is 0.143. The summed E-state index contributed by atoms with van der Waals surface area (Å²) in [5, 5.41) is 6.46. The van der Waals surface area contributed by atoms with Crippen LogP contribution in [0.2, 0.25) is 0 Å². The number of rotatable bonds is 4. The molecule has 25 heavy (non-hydrogen) atoms. The Morgan fingerprint density at radius 3 is 2.04 bits per heavy atom. The lowest BCUT2D eigenvalue weighted by molar-refractivity contribution is 1.08. The maximum atomic E-state index is 4.78. The number of hydrogen-bond donors (Lipinski definition) is 0. The zero-order chi connectivity index (χ0) is 17.2. The Balaban J connectivity index is 1.51. The van der Waals surface area contributed by atoms with E-state index in [9.17, 15) is 0 Å². The van der Waals surface area contributed by atoms with Crippen LogP contribution < -0.4 is 0 Å². The topological polar surface area (TPSA) is 25.8 Å². The SMILES string of the molecule is Cc1ccc(-c2csc(Cc3csc(-c4ccc(C)cc4)n3)n2)cc1. The summed E-state index contributed by atoms with van der Waals surface area (Å²) in [6, 6.07) is 17.0. The normalized spacial score (nSPS) is 11.0. The first-order valence-electron chi connectivity index (χ1n) is 8.20. The maximum Gasteiger partial charge on any atom is 0.123 e. The molecule has 2 heterocycles. The first-order chi connectivity index (χ1) is 12.2. The molecule has 0 bridgehead atoms. The van der Waals surface area contributed by atoms with Crippen LogP contribution >= 0.6 is 22.7 Å². The van der Waals surface area contributed by atoms with Crippen LogP contribution in [0, 0.1) is 13.8 Å². The molecule has 2 nitrogen and oxygen atoms in total. The molecule has 4 rings (SSSR count). The Hall–Kier alpha value is -2.30. The van der Waals surface area contributed by atoms with Crippen LogP contribution in [0.4, 0.5) is 0 Å². The van der Waals surface area contributed by atoms with Gasteiger partial charge in [-0.3, -0.25) is 0 Å². The van der Waals surface area contributed by atoms with Crippen LogP contribution in [0.3, 0.4) is 0 Å². The number of aromatic nitrogens is 2. The van der Waals surface area contributed by atoms with Gasteiger partial charge in [0.1, 0.15) is 5.01 Å². The largest absolute Gasteiger partial charge is 0.241 e. The van der Waals surface area contributed by atoms with Crippen molar-refractivity contribution in [2.24, 2.45) is 0 Å². The highest BCUT2D eigenvalue weighted by atomic mass is 32.1. The summed E-state index contributed by atoms with van der Waals surface area (Å²) in [7, 11) is 0. The molecular weight excluding hydrogens is 344 g/mol. The predicted molar refractivity (Wildman–Crippen MR) is 107 cm³/mol. The Labute approximate surface area is 155 Å². The van der Waals surface area contributed by atoms with Gasteiger partial charge in [0.15, 0.2) is 0 Å². The molecule has 0 amide bonds. The average Bonchev–Trinajstić information content (AvgIpc) is 3.27. The van der Waals surface area contributed by atoms with Gasteiger partial charge < -0.3 is 0 Å². The van der Waals surface area contributed by atoms with Crippen molar-refractivity contribution < 1.29 is 0 Å². The highest BCUT2D eigenvalue weighted by Gasteiger charge is 2.09. The van der Waals surface area contributed by atoms with Crippen LogP contribution in [-0.4, -0.2) is 9.97 Å². The lowest BCUT2D eigenvalue weighted by Gasteiger charge is -1.97. The first-order valence-corrected chi connectivity index (χ1v) is 9.96. The molecule has 2 aromatic carbocycles. The fourth-order valence-corrected chi connectivity index (χ4v) is 4.27. The molecule has 0 aliphatic rings. The van der Waals surface area contributed by atoms with Crippen molar-refractivity contribution in [1.82, 2.24) is 9.97 Å². The molecule has 0 N–H and O–H groups in total. The molecule has 124 valence electrons. The van der Waals surface area contributed by atoms with E-state index in [1.807, 2.05) is 0 Å². The van der Waals surface area contributed by atoms with Gasteiger partial charge >= 0.3 is 0 Å². The standard InChI is InChI=1S/C21H18N2S2/c1-14-3-7-16(8-4-14)19-13-24-20(23-19)11-18-12-25-21(22-18)17-9-5-15(2)6-10-17/h3-10,12-13H,11H2,1-2H3. The molecule has 0 aliphatic heterocycles. The van der Waals surface area contributed by atoms with E-state index in [1.54, 1.807) is 22.7 Å². The number of hydrogen-bond acceptors (Lipinski definition) is 4. The molecule has 2 aromatic heterocycles. The molecule has 0 saturated heterocycles. The number of aryl methyl sites for hydroxylation is 2. The third-order valence-corrected chi connectivity index (χ3v) is 5.87. The lowest BCUT2D eigenvalue weighted by atomic mass is 10.1.